The Bertz CT molecular complexity index is 233. The minimum atomic E-state index is -2.82. The number of rotatable bonds is 6. The van der Waals surface area contributed by atoms with Crippen LogP contribution in [0.2, 0.25) is 0 Å². The van der Waals surface area contributed by atoms with E-state index in [1.54, 1.807) is 0 Å². The third-order valence-corrected chi connectivity index (χ3v) is 2.77. The lowest BCUT2D eigenvalue weighted by molar-refractivity contribution is -0.123. The van der Waals surface area contributed by atoms with Crippen molar-refractivity contribution < 1.29 is 23.4 Å². The molecule has 0 radical (unpaired) electrons. The van der Waals surface area contributed by atoms with Gasteiger partial charge >= 0.3 is 0 Å². The lowest BCUT2D eigenvalue weighted by atomic mass is 10.0. The van der Waals surface area contributed by atoms with Crippen LogP contribution in [0.15, 0.2) is 0 Å². The summed E-state index contributed by atoms with van der Waals surface area (Å²) in [4.78, 5) is 11.3. The standard InChI is InChI=1S/C11H19F2NO3/c12-11(13)9(15)7-14-10(16)5-4-8-3-1-2-6-17-8/h8-9,11,15H,1-7H2,(H,14,16). The molecule has 0 aromatic heterocycles. The second-order valence-electron chi connectivity index (χ2n) is 4.23. The summed E-state index contributed by atoms with van der Waals surface area (Å²) in [6.45, 7) is 0.332. The van der Waals surface area contributed by atoms with Crippen LogP contribution in [0, 0.1) is 0 Å². The van der Waals surface area contributed by atoms with E-state index >= 15 is 0 Å². The van der Waals surface area contributed by atoms with Gasteiger partial charge in [-0.1, -0.05) is 0 Å². The van der Waals surface area contributed by atoms with Crippen LogP contribution in [-0.4, -0.2) is 42.8 Å². The highest BCUT2D eigenvalue weighted by atomic mass is 19.3. The number of halogens is 2. The molecule has 2 unspecified atom stereocenters. The average molecular weight is 251 g/mol. The van der Waals surface area contributed by atoms with Crippen molar-refractivity contribution in [3.63, 3.8) is 0 Å². The van der Waals surface area contributed by atoms with Gasteiger partial charge in [0.1, 0.15) is 6.10 Å². The number of hydrogen-bond acceptors (Lipinski definition) is 3. The molecule has 6 heteroatoms. The van der Waals surface area contributed by atoms with Crippen LogP contribution in [0.4, 0.5) is 8.78 Å². The van der Waals surface area contributed by atoms with E-state index in [0.717, 1.165) is 25.9 Å². The Hall–Kier alpha value is -0.750. The molecule has 2 N–H and O–H groups in total. The number of carbonyl (C=O) groups excluding carboxylic acids is 1. The van der Waals surface area contributed by atoms with E-state index in [4.69, 9.17) is 9.84 Å². The molecular weight excluding hydrogens is 232 g/mol. The van der Waals surface area contributed by atoms with Crippen LogP contribution in [0.25, 0.3) is 0 Å². The monoisotopic (exact) mass is 251 g/mol. The summed E-state index contributed by atoms with van der Waals surface area (Å²) >= 11 is 0. The second kappa shape index (κ2) is 7.55. The Morgan fingerprint density at radius 3 is 2.82 bits per heavy atom. The molecule has 1 fully saturated rings. The summed E-state index contributed by atoms with van der Waals surface area (Å²) in [5, 5.41) is 11.1. The lowest BCUT2D eigenvalue weighted by Crippen LogP contribution is -2.36. The third kappa shape index (κ3) is 5.93. The first-order valence-corrected chi connectivity index (χ1v) is 5.94. The molecule has 1 heterocycles. The number of aliphatic hydroxyl groups is 1. The van der Waals surface area contributed by atoms with Crippen molar-refractivity contribution in [3.05, 3.63) is 0 Å². The maximum Gasteiger partial charge on any atom is 0.265 e. The smallest absolute Gasteiger partial charge is 0.265 e. The van der Waals surface area contributed by atoms with Gasteiger partial charge in [0, 0.05) is 19.6 Å². The number of aliphatic hydroxyl groups excluding tert-OH is 1. The predicted molar refractivity (Wildman–Crippen MR) is 57.8 cm³/mol. The molecule has 0 bridgehead atoms. The van der Waals surface area contributed by atoms with E-state index in [1.165, 1.54) is 0 Å². The van der Waals surface area contributed by atoms with Crippen molar-refractivity contribution in [2.45, 2.75) is 50.7 Å². The topological polar surface area (TPSA) is 58.6 Å². The zero-order valence-electron chi connectivity index (χ0n) is 9.70. The largest absolute Gasteiger partial charge is 0.385 e. The van der Waals surface area contributed by atoms with Crippen molar-refractivity contribution in [1.29, 1.82) is 0 Å². The zero-order chi connectivity index (χ0) is 12.7. The fraction of sp³-hybridized carbons (Fsp3) is 0.909. The van der Waals surface area contributed by atoms with E-state index < -0.39 is 19.1 Å². The molecule has 1 amide bonds. The van der Waals surface area contributed by atoms with Gasteiger partial charge in [0.25, 0.3) is 6.43 Å². The Morgan fingerprint density at radius 2 is 2.24 bits per heavy atom. The van der Waals surface area contributed by atoms with Crippen molar-refractivity contribution in [2.75, 3.05) is 13.2 Å². The molecule has 17 heavy (non-hydrogen) atoms. The molecule has 0 aliphatic carbocycles. The van der Waals surface area contributed by atoms with Gasteiger partial charge in [0.15, 0.2) is 0 Å². The number of hydrogen-bond donors (Lipinski definition) is 2. The third-order valence-electron chi connectivity index (χ3n) is 2.77. The van der Waals surface area contributed by atoms with Crippen LogP contribution < -0.4 is 5.32 Å². The summed E-state index contributed by atoms with van der Waals surface area (Å²) in [5.41, 5.74) is 0. The summed E-state index contributed by atoms with van der Waals surface area (Å²) in [6.07, 6.45) is -0.527. The molecule has 1 aliphatic heterocycles. The molecule has 1 saturated heterocycles. The lowest BCUT2D eigenvalue weighted by Gasteiger charge is -2.22. The van der Waals surface area contributed by atoms with E-state index in [1.807, 2.05) is 0 Å². The van der Waals surface area contributed by atoms with Gasteiger partial charge < -0.3 is 15.2 Å². The van der Waals surface area contributed by atoms with Crippen molar-refractivity contribution in [2.24, 2.45) is 0 Å². The Labute approximate surface area is 99.3 Å². The highest BCUT2D eigenvalue weighted by Crippen LogP contribution is 2.16. The fourth-order valence-corrected chi connectivity index (χ4v) is 1.72. The minimum Gasteiger partial charge on any atom is -0.385 e. The van der Waals surface area contributed by atoms with E-state index in [0.29, 0.717) is 6.42 Å². The molecular formula is C11H19F2NO3. The van der Waals surface area contributed by atoms with Crippen molar-refractivity contribution in [3.8, 4) is 0 Å². The molecule has 100 valence electrons. The van der Waals surface area contributed by atoms with Crippen LogP contribution in [0.3, 0.4) is 0 Å². The van der Waals surface area contributed by atoms with Gasteiger partial charge in [0.05, 0.1) is 6.10 Å². The summed E-state index contributed by atoms with van der Waals surface area (Å²) in [6, 6.07) is 0. The van der Waals surface area contributed by atoms with Gasteiger partial charge in [-0.2, -0.15) is 0 Å². The zero-order valence-corrected chi connectivity index (χ0v) is 9.70. The highest BCUT2D eigenvalue weighted by molar-refractivity contribution is 5.75. The van der Waals surface area contributed by atoms with Gasteiger partial charge in [0.2, 0.25) is 5.91 Å². The van der Waals surface area contributed by atoms with Crippen molar-refractivity contribution in [1.82, 2.24) is 5.32 Å². The quantitative estimate of drug-likeness (QED) is 0.742. The number of ether oxygens (including phenoxy) is 1. The molecule has 0 spiro atoms. The van der Waals surface area contributed by atoms with Crippen LogP contribution >= 0.6 is 0 Å². The first-order chi connectivity index (χ1) is 8.09. The van der Waals surface area contributed by atoms with Gasteiger partial charge in [-0.25, -0.2) is 8.78 Å². The summed E-state index contributed by atoms with van der Waals surface area (Å²) in [7, 11) is 0. The van der Waals surface area contributed by atoms with Gasteiger partial charge in [-0.3, -0.25) is 4.79 Å². The van der Waals surface area contributed by atoms with E-state index in [2.05, 4.69) is 5.32 Å². The van der Waals surface area contributed by atoms with Crippen molar-refractivity contribution >= 4 is 5.91 Å². The second-order valence-corrected chi connectivity index (χ2v) is 4.23. The normalized spacial score (nSPS) is 22.5. The predicted octanol–water partition coefficient (Wildman–Crippen LogP) is 1.08. The maximum absolute atomic E-state index is 11.9. The highest BCUT2D eigenvalue weighted by Gasteiger charge is 2.18. The molecule has 1 rings (SSSR count). The van der Waals surface area contributed by atoms with E-state index in [-0.39, 0.29) is 18.4 Å². The van der Waals surface area contributed by atoms with Crippen LogP contribution in [-0.2, 0) is 9.53 Å². The molecule has 0 aromatic rings. The maximum atomic E-state index is 11.9. The molecule has 2 atom stereocenters. The first-order valence-electron chi connectivity index (χ1n) is 5.94. The first kappa shape index (κ1) is 14.3. The number of alkyl halides is 2. The molecule has 0 saturated carbocycles. The fourth-order valence-electron chi connectivity index (χ4n) is 1.72. The van der Waals surface area contributed by atoms with Crippen LogP contribution in [0.1, 0.15) is 32.1 Å². The van der Waals surface area contributed by atoms with Crippen LogP contribution in [0.5, 0.6) is 0 Å². The number of nitrogens with one attached hydrogen (secondary N) is 1. The molecule has 4 nitrogen and oxygen atoms in total. The minimum absolute atomic E-state index is 0.106. The summed E-state index contributed by atoms with van der Waals surface area (Å²) in [5.74, 6) is -0.320. The molecule has 1 aliphatic rings. The molecule has 0 aromatic carbocycles. The van der Waals surface area contributed by atoms with Gasteiger partial charge in [-0.05, 0) is 25.7 Å². The Balaban J connectivity index is 2.08. The van der Waals surface area contributed by atoms with Gasteiger partial charge in [-0.15, -0.1) is 0 Å². The Morgan fingerprint density at radius 1 is 1.47 bits per heavy atom. The summed E-state index contributed by atoms with van der Waals surface area (Å²) < 4.78 is 29.3. The average Bonchev–Trinajstić information content (AvgIpc) is 2.34. The number of amides is 1. The Kier molecular flexibility index (Phi) is 6.36. The van der Waals surface area contributed by atoms with E-state index in [9.17, 15) is 13.6 Å². The SMILES string of the molecule is O=C(CCC1CCCCO1)NCC(O)C(F)F. The number of carbonyl (C=O) groups is 1.